The molecule has 0 aliphatic carbocycles. The third-order valence-corrected chi connectivity index (χ3v) is 4.32. The number of amides is 2. The number of hydrogen-bond donors (Lipinski definition) is 1. The number of nitrogens with one attached hydrogen (secondary N) is 1. The summed E-state index contributed by atoms with van der Waals surface area (Å²) < 4.78 is 34.4. The van der Waals surface area contributed by atoms with E-state index in [1.165, 1.54) is 18.2 Å². The van der Waals surface area contributed by atoms with Gasteiger partial charge in [0.05, 0.1) is 19.3 Å². The van der Waals surface area contributed by atoms with Gasteiger partial charge >= 0.3 is 6.03 Å². The zero-order valence-corrected chi connectivity index (χ0v) is 14.8. The largest absolute Gasteiger partial charge is 0.370 e. The number of morpholine rings is 1. The Balaban J connectivity index is 1.66. The van der Waals surface area contributed by atoms with E-state index in [0.29, 0.717) is 25.4 Å². The highest BCUT2D eigenvalue weighted by Crippen LogP contribution is 2.29. The van der Waals surface area contributed by atoms with Gasteiger partial charge < -0.3 is 15.0 Å². The number of rotatable bonds is 4. The molecule has 1 aromatic carbocycles. The Morgan fingerprint density at radius 2 is 2.27 bits per heavy atom. The van der Waals surface area contributed by atoms with E-state index in [0.717, 1.165) is 19.0 Å². The predicted octanol–water partition coefficient (Wildman–Crippen LogP) is 3.62. The summed E-state index contributed by atoms with van der Waals surface area (Å²) in [6.07, 6.45) is 3.39. The SMILES string of the molecule is CCn1cc([C@H]2CN(C(=O)Nc3cccc(C(C)(F)F)c3)CCO2)cn1. The van der Waals surface area contributed by atoms with E-state index in [1.54, 1.807) is 21.8 Å². The van der Waals surface area contributed by atoms with Crippen LogP contribution in [0.5, 0.6) is 0 Å². The molecule has 1 atom stereocenters. The molecular weight excluding hydrogens is 342 g/mol. The number of ether oxygens (including phenoxy) is 1. The van der Waals surface area contributed by atoms with E-state index in [-0.39, 0.29) is 17.7 Å². The molecule has 2 heterocycles. The number of benzene rings is 1. The van der Waals surface area contributed by atoms with Crippen molar-refractivity contribution >= 4 is 11.7 Å². The minimum absolute atomic E-state index is 0.137. The molecule has 0 unspecified atom stereocenters. The van der Waals surface area contributed by atoms with Crippen molar-refractivity contribution in [3.63, 3.8) is 0 Å². The molecule has 0 radical (unpaired) electrons. The van der Waals surface area contributed by atoms with Crippen LogP contribution < -0.4 is 5.32 Å². The molecule has 26 heavy (non-hydrogen) atoms. The Morgan fingerprint density at radius 3 is 2.96 bits per heavy atom. The minimum Gasteiger partial charge on any atom is -0.370 e. The maximum Gasteiger partial charge on any atom is 0.322 e. The highest BCUT2D eigenvalue weighted by molar-refractivity contribution is 5.89. The second-order valence-electron chi connectivity index (χ2n) is 6.33. The van der Waals surface area contributed by atoms with E-state index in [1.807, 2.05) is 13.1 Å². The van der Waals surface area contributed by atoms with Gasteiger partial charge in [0.25, 0.3) is 5.92 Å². The molecule has 1 fully saturated rings. The molecule has 0 bridgehead atoms. The standard InChI is InChI=1S/C18H22F2N4O2/c1-3-24-11-13(10-21-24)16-12-23(7-8-26-16)17(25)22-15-6-4-5-14(9-15)18(2,19)20/h4-6,9-11,16H,3,7-8,12H2,1-2H3,(H,22,25)/t16-/m1/s1. The third kappa shape index (κ3) is 4.19. The fraction of sp³-hybridized carbons (Fsp3) is 0.444. The lowest BCUT2D eigenvalue weighted by Gasteiger charge is -2.32. The van der Waals surface area contributed by atoms with Crippen molar-refractivity contribution in [1.29, 1.82) is 0 Å². The maximum atomic E-state index is 13.4. The third-order valence-electron chi connectivity index (χ3n) is 4.32. The molecule has 6 nitrogen and oxygen atoms in total. The first-order chi connectivity index (χ1) is 12.4. The van der Waals surface area contributed by atoms with Gasteiger partial charge in [0, 0.05) is 43.0 Å². The van der Waals surface area contributed by atoms with Crippen LogP contribution in [0, 0.1) is 0 Å². The monoisotopic (exact) mass is 364 g/mol. The number of nitrogens with zero attached hydrogens (tertiary/aromatic N) is 3. The Bertz CT molecular complexity index is 773. The smallest absolute Gasteiger partial charge is 0.322 e. The molecule has 2 amide bonds. The highest BCUT2D eigenvalue weighted by atomic mass is 19.3. The average molecular weight is 364 g/mol. The van der Waals surface area contributed by atoms with Crippen molar-refractivity contribution in [2.24, 2.45) is 0 Å². The molecule has 1 aliphatic rings. The predicted molar refractivity (Wildman–Crippen MR) is 93.2 cm³/mol. The second kappa shape index (κ2) is 7.41. The summed E-state index contributed by atoms with van der Waals surface area (Å²) >= 11 is 0. The van der Waals surface area contributed by atoms with Crippen molar-refractivity contribution in [2.75, 3.05) is 25.0 Å². The Morgan fingerprint density at radius 1 is 1.46 bits per heavy atom. The van der Waals surface area contributed by atoms with Gasteiger partial charge in [-0.1, -0.05) is 12.1 Å². The number of aryl methyl sites for hydroxylation is 1. The highest BCUT2D eigenvalue weighted by Gasteiger charge is 2.27. The van der Waals surface area contributed by atoms with Crippen molar-refractivity contribution in [2.45, 2.75) is 32.4 Å². The summed E-state index contributed by atoms with van der Waals surface area (Å²) in [5.41, 5.74) is 1.12. The minimum atomic E-state index is -2.95. The summed E-state index contributed by atoms with van der Waals surface area (Å²) in [4.78, 5) is 14.1. The van der Waals surface area contributed by atoms with Crippen molar-refractivity contribution < 1.29 is 18.3 Å². The molecule has 2 aromatic rings. The molecule has 3 rings (SSSR count). The molecule has 0 spiro atoms. The molecule has 1 aromatic heterocycles. The number of hydrogen-bond acceptors (Lipinski definition) is 3. The lowest BCUT2D eigenvalue weighted by atomic mass is 10.1. The first kappa shape index (κ1) is 18.3. The maximum absolute atomic E-state index is 13.4. The Kier molecular flexibility index (Phi) is 5.22. The number of urea groups is 1. The Labute approximate surface area is 150 Å². The molecule has 1 N–H and O–H groups in total. The normalized spacial score (nSPS) is 18.0. The number of halogens is 2. The zero-order valence-electron chi connectivity index (χ0n) is 14.8. The fourth-order valence-electron chi connectivity index (χ4n) is 2.83. The van der Waals surface area contributed by atoms with Crippen LogP contribution in [-0.4, -0.2) is 40.4 Å². The summed E-state index contributed by atoms with van der Waals surface area (Å²) in [5, 5.41) is 6.92. The lowest BCUT2D eigenvalue weighted by Crippen LogP contribution is -2.44. The van der Waals surface area contributed by atoms with Crippen LogP contribution in [0.3, 0.4) is 0 Å². The molecular formula is C18H22F2N4O2. The first-order valence-corrected chi connectivity index (χ1v) is 8.55. The van der Waals surface area contributed by atoms with E-state index in [4.69, 9.17) is 4.74 Å². The number of aromatic nitrogens is 2. The van der Waals surface area contributed by atoms with Crippen LogP contribution in [0.25, 0.3) is 0 Å². The van der Waals surface area contributed by atoms with Gasteiger partial charge in [0.2, 0.25) is 0 Å². The molecule has 1 saturated heterocycles. The van der Waals surface area contributed by atoms with Gasteiger partial charge in [-0.05, 0) is 19.1 Å². The van der Waals surface area contributed by atoms with Gasteiger partial charge in [0.15, 0.2) is 0 Å². The number of carbonyl (C=O) groups excluding carboxylic acids is 1. The van der Waals surface area contributed by atoms with Crippen molar-refractivity contribution in [3.05, 3.63) is 47.8 Å². The second-order valence-corrected chi connectivity index (χ2v) is 6.33. The number of carbonyl (C=O) groups is 1. The molecule has 140 valence electrons. The van der Waals surface area contributed by atoms with Crippen LogP contribution in [0.4, 0.5) is 19.3 Å². The zero-order chi connectivity index (χ0) is 18.7. The van der Waals surface area contributed by atoms with Crippen molar-refractivity contribution in [1.82, 2.24) is 14.7 Å². The van der Waals surface area contributed by atoms with Crippen LogP contribution in [-0.2, 0) is 17.2 Å². The van der Waals surface area contributed by atoms with Crippen LogP contribution in [0.1, 0.15) is 31.1 Å². The van der Waals surface area contributed by atoms with Crippen LogP contribution in [0.15, 0.2) is 36.7 Å². The number of anilines is 1. The summed E-state index contributed by atoms with van der Waals surface area (Å²) in [6.45, 7) is 4.81. The van der Waals surface area contributed by atoms with Gasteiger partial charge in [-0.2, -0.15) is 5.10 Å². The molecule has 8 heteroatoms. The van der Waals surface area contributed by atoms with E-state index in [9.17, 15) is 13.6 Å². The summed E-state index contributed by atoms with van der Waals surface area (Å²) in [6, 6.07) is 5.39. The first-order valence-electron chi connectivity index (χ1n) is 8.55. The van der Waals surface area contributed by atoms with Gasteiger partial charge in [0.1, 0.15) is 6.10 Å². The topological polar surface area (TPSA) is 59.4 Å². The van der Waals surface area contributed by atoms with E-state index in [2.05, 4.69) is 10.4 Å². The average Bonchev–Trinajstić information content (AvgIpc) is 3.10. The fourth-order valence-corrected chi connectivity index (χ4v) is 2.83. The number of alkyl halides is 2. The van der Waals surface area contributed by atoms with E-state index < -0.39 is 5.92 Å². The quantitative estimate of drug-likeness (QED) is 0.901. The van der Waals surface area contributed by atoms with Gasteiger partial charge in [-0.15, -0.1) is 0 Å². The molecule has 1 aliphatic heterocycles. The summed E-state index contributed by atoms with van der Waals surface area (Å²) in [7, 11) is 0. The van der Waals surface area contributed by atoms with Gasteiger partial charge in [-0.3, -0.25) is 4.68 Å². The van der Waals surface area contributed by atoms with Crippen LogP contribution in [0.2, 0.25) is 0 Å². The van der Waals surface area contributed by atoms with Crippen molar-refractivity contribution in [3.8, 4) is 0 Å². The van der Waals surface area contributed by atoms with Gasteiger partial charge in [-0.25, -0.2) is 13.6 Å². The van der Waals surface area contributed by atoms with Crippen LogP contribution >= 0.6 is 0 Å². The lowest BCUT2D eigenvalue weighted by molar-refractivity contribution is -0.0135. The van der Waals surface area contributed by atoms with E-state index >= 15 is 0 Å². The summed E-state index contributed by atoms with van der Waals surface area (Å²) in [5.74, 6) is -2.95. The Hall–Kier alpha value is -2.48. The molecule has 0 saturated carbocycles.